The van der Waals surface area contributed by atoms with Crippen molar-refractivity contribution in [1.82, 2.24) is 9.80 Å². The van der Waals surface area contributed by atoms with E-state index in [4.69, 9.17) is 5.11 Å². The van der Waals surface area contributed by atoms with Crippen LogP contribution < -0.4 is 0 Å². The second-order valence-electron chi connectivity index (χ2n) is 5.42. The molecular formula is C14H26N2O3. The van der Waals surface area contributed by atoms with Crippen molar-refractivity contribution >= 4 is 11.9 Å². The molecule has 1 saturated heterocycles. The minimum Gasteiger partial charge on any atom is -0.481 e. The van der Waals surface area contributed by atoms with E-state index in [0.29, 0.717) is 13.1 Å². The fourth-order valence-corrected chi connectivity index (χ4v) is 2.34. The van der Waals surface area contributed by atoms with Crippen LogP contribution in [0.5, 0.6) is 0 Å². The summed E-state index contributed by atoms with van der Waals surface area (Å²) in [6.45, 7) is 7.12. The molecule has 1 aliphatic heterocycles. The lowest BCUT2D eigenvalue weighted by Gasteiger charge is -2.26. The lowest BCUT2D eigenvalue weighted by Crippen LogP contribution is -2.42. The van der Waals surface area contributed by atoms with Crippen LogP contribution in [0.15, 0.2) is 0 Å². The Hall–Kier alpha value is -1.10. The Bertz CT molecular complexity index is 301. The lowest BCUT2D eigenvalue weighted by atomic mass is 10.1. The molecule has 0 spiro atoms. The Balaban J connectivity index is 2.47. The van der Waals surface area contributed by atoms with Gasteiger partial charge < -0.3 is 10.0 Å². The van der Waals surface area contributed by atoms with Crippen molar-refractivity contribution in [1.29, 1.82) is 0 Å². The highest BCUT2D eigenvalue weighted by Crippen LogP contribution is 2.09. The maximum absolute atomic E-state index is 12.1. The van der Waals surface area contributed by atoms with Crippen LogP contribution in [0.1, 0.15) is 39.5 Å². The van der Waals surface area contributed by atoms with E-state index in [2.05, 4.69) is 6.92 Å². The first-order chi connectivity index (χ1) is 9.04. The molecule has 19 heavy (non-hydrogen) atoms. The Morgan fingerprint density at radius 3 is 2.47 bits per heavy atom. The van der Waals surface area contributed by atoms with Crippen molar-refractivity contribution in [3.63, 3.8) is 0 Å². The Morgan fingerprint density at radius 2 is 1.95 bits per heavy atom. The van der Waals surface area contributed by atoms with Crippen LogP contribution in [0.25, 0.3) is 0 Å². The van der Waals surface area contributed by atoms with Gasteiger partial charge in [0.15, 0.2) is 0 Å². The van der Waals surface area contributed by atoms with Crippen molar-refractivity contribution in [2.24, 2.45) is 5.92 Å². The standard InChI is InChI=1S/C14H26N2O3/c1-3-4-7-15(10-12(2)14(18)19)11-13(17)16-8-5-6-9-16/h12H,3-11H2,1-2H3,(H,18,19). The molecule has 0 radical (unpaired) electrons. The maximum Gasteiger partial charge on any atom is 0.307 e. The zero-order valence-electron chi connectivity index (χ0n) is 12.1. The Labute approximate surface area is 115 Å². The molecule has 0 aliphatic carbocycles. The molecule has 5 heteroatoms. The number of carbonyl (C=O) groups excluding carboxylic acids is 1. The first kappa shape index (κ1) is 16.0. The number of nitrogens with zero attached hydrogens (tertiary/aromatic N) is 2. The molecule has 1 rings (SSSR count). The molecule has 1 N–H and O–H groups in total. The van der Waals surface area contributed by atoms with E-state index >= 15 is 0 Å². The van der Waals surface area contributed by atoms with Gasteiger partial charge in [-0.25, -0.2) is 0 Å². The van der Waals surface area contributed by atoms with Crippen molar-refractivity contribution in [2.75, 3.05) is 32.7 Å². The van der Waals surface area contributed by atoms with Gasteiger partial charge in [0.05, 0.1) is 12.5 Å². The first-order valence-corrected chi connectivity index (χ1v) is 7.27. The maximum atomic E-state index is 12.1. The van der Waals surface area contributed by atoms with Crippen LogP contribution in [0.2, 0.25) is 0 Å². The fourth-order valence-electron chi connectivity index (χ4n) is 2.34. The van der Waals surface area contributed by atoms with E-state index in [1.165, 1.54) is 0 Å². The predicted molar refractivity (Wildman–Crippen MR) is 74.0 cm³/mol. The van der Waals surface area contributed by atoms with Crippen LogP contribution in [0.3, 0.4) is 0 Å². The van der Waals surface area contributed by atoms with Crippen LogP contribution in [-0.2, 0) is 9.59 Å². The number of hydrogen-bond donors (Lipinski definition) is 1. The van der Waals surface area contributed by atoms with E-state index in [1.54, 1.807) is 6.92 Å². The molecule has 1 fully saturated rings. The average Bonchev–Trinajstić information content (AvgIpc) is 2.89. The highest BCUT2D eigenvalue weighted by Gasteiger charge is 2.22. The summed E-state index contributed by atoms with van der Waals surface area (Å²) in [6.07, 6.45) is 4.23. The number of likely N-dealkylation sites (tertiary alicyclic amines) is 1. The molecule has 110 valence electrons. The molecule has 0 aromatic carbocycles. The molecule has 1 heterocycles. The van der Waals surface area contributed by atoms with Gasteiger partial charge in [-0.3, -0.25) is 14.5 Å². The summed E-state index contributed by atoms with van der Waals surface area (Å²) in [6, 6.07) is 0. The molecule has 0 bridgehead atoms. The summed E-state index contributed by atoms with van der Waals surface area (Å²) in [7, 11) is 0. The Morgan fingerprint density at radius 1 is 1.32 bits per heavy atom. The van der Waals surface area contributed by atoms with Gasteiger partial charge in [0, 0.05) is 19.6 Å². The van der Waals surface area contributed by atoms with Crippen molar-refractivity contribution in [3.05, 3.63) is 0 Å². The average molecular weight is 270 g/mol. The zero-order chi connectivity index (χ0) is 14.3. The van der Waals surface area contributed by atoms with Gasteiger partial charge in [0.25, 0.3) is 0 Å². The van der Waals surface area contributed by atoms with Crippen LogP contribution >= 0.6 is 0 Å². The van der Waals surface area contributed by atoms with Gasteiger partial charge in [-0.05, 0) is 25.8 Å². The largest absolute Gasteiger partial charge is 0.481 e. The number of unbranched alkanes of at least 4 members (excludes halogenated alkanes) is 1. The third-order valence-corrected chi connectivity index (χ3v) is 3.60. The van der Waals surface area contributed by atoms with Gasteiger partial charge in [0.1, 0.15) is 0 Å². The van der Waals surface area contributed by atoms with Gasteiger partial charge >= 0.3 is 5.97 Å². The molecular weight excluding hydrogens is 244 g/mol. The summed E-state index contributed by atoms with van der Waals surface area (Å²) < 4.78 is 0. The minimum atomic E-state index is -0.796. The summed E-state index contributed by atoms with van der Waals surface area (Å²) in [5, 5.41) is 8.98. The Kier molecular flexibility index (Phi) is 6.84. The number of carbonyl (C=O) groups is 2. The number of carboxylic acids is 1. The predicted octanol–water partition coefficient (Wildman–Crippen LogP) is 1.43. The lowest BCUT2D eigenvalue weighted by molar-refractivity contribution is -0.142. The number of carboxylic acid groups (broad SMARTS) is 1. The van der Waals surface area contributed by atoms with E-state index < -0.39 is 11.9 Å². The number of aliphatic carboxylic acids is 1. The smallest absolute Gasteiger partial charge is 0.307 e. The van der Waals surface area contributed by atoms with Crippen molar-refractivity contribution < 1.29 is 14.7 Å². The topological polar surface area (TPSA) is 60.9 Å². The normalized spacial score (nSPS) is 16.9. The molecule has 0 aromatic rings. The van der Waals surface area contributed by atoms with Crippen LogP contribution in [0.4, 0.5) is 0 Å². The number of rotatable bonds is 8. The third-order valence-electron chi connectivity index (χ3n) is 3.60. The number of amides is 1. The molecule has 1 atom stereocenters. The van der Waals surface area contributed by atoms with Crippen LogP contribution in [0, 0.1) is 5.92 Å². The van der Waals surface area contributed by atoms with Crippen LogP contribution in [-0.4, -0.2) is 59.5 Å². The zero-order valence-corrected chi connectivity index (χ0v) is 12.1. The fraction of sp³-hybridized carbons (Fsp3) is 0.857. The summed E-state index contributed by atoms with van der Waals surface area (Å²) in [5.41, 5.74) is 0. The summed E-state index contributed by atoms with van der Waals surface area (Å²) in [5.74, 6) is -1.08. The van der Waals surface area contributed by atoms with Gasteiger partial charge in [-0.15, -0.1) is 0 Å². The summed E-state index contributed by atoms with van der Waals surface area (Å²) >= 11 is 0. The molecule has 1 amide bonds. The molecule has 1 unspecified atom stereocenters. The summed E-state index contributed by atoms with van der Waals surface area (Å²) in [4.78, 5) is 26.9. The monoisotopic (exact) mass is 270 g/mol. The number of hydrogen-bond acceptors (Lipinski definition) is 3. The highest BCUT2D eigenvalue weighted by molar-refractivity contribution is 5.78. The van der Waals surface area contributed by atoms with Gasteiger partial charge in [-0.1, -0.05) is 20.3 Å². The highest BCUT2D eigenvalue weighted by atomic mass is 16.4. The second-order valence-corrected chi connectivity index (χ2v) is 5.42. The quantitative estimate of drug-likeness (QED) is 0.725. The van der Waals surface area contributed by atoms with E-state index in [1.807, 2.05) is 9.80 Å². The van der Waals surface area contributed by atoms with E-state index in [-0.39, 0.29) is 5.91 Å². The van der Waals surface area contributed by atoms with Gasteiger partial charge in [0.2, 0.25) is 5.91 Å². The van der Waals surface area contributed by atoms with E-state index in [9.17, 15) is 9.59 Å². The molecule has 1 aliphatic rings. The first-order valence-electron chi connectivity index (χ1n) is 7.27. The molecule has 0 saturated carbocycles. The van der Waals surface area contributed by atoms with Crippen molar-refractivity contribution in [3.8, 4) is 0 Å². The minimum absolute atomic E-state index is 0.145. The van der Waals surface area contributed by atoms with Crippen molar-refractivity contribution in [2.45, 2.75) is 39.5 Å². The molecule has 0 aromatic heterocycles. The van der Waals surface area contributed by atoms with E-state index in [0.717, 1.165) is 45.3 Å². The third kappa shape index (κ3) is 5.59. The van der Waals surface area contributed by atoms with Gasteiger partial charge in [-0.2, -0.15) is 0 Å². The molecule has 5 nitrogen and oxygen atoms in total. The second kappa shape index (κ2) is 8.15. The SMILES string of the molecule is CCCCN(CC(=O)N1CCCC1)CC(C)C(=O)O.